The highest BCUT2D eigenvalue weighted by Gasteiger charge is 2.12. The first-order chi connectivity index (χ1) is 7.00. The number of aromatic nitrogens is 1. The zero-order valence-electron chi connectivity index (χ0n) is 7.78. The molecule has 0 unspecified atom stereocenters. The number of hydrogen-bond acceptors (Lipinski definition) is 3. The number of carbonyl (C=O) groups is 1. The Kier molecular flexibility index (Phi) is 2.40. The van der Waals surface area contributed by atoms with Crippen LogP contribution in [0.3, 0.4) is 0 Å². The first-order valence-corrected chi connectivity index (χ1v) is 5.70. The van der Waals surface area contributed by atoms with Crippen LogP contribution in [0.1, 0.15) is 9.67 Å². The number of primary amides is 1. The summed E-state index contributed by atoms with van der Waals surface area (Å²) in [6.07, 6.45) is 1.67. The Morgan fingerprint density at radius 1 is 1.60 bits per heavy atom. The van der Waals surface area contributed by atoms with E-state index in [1.165, 1.54) is 4.57 Å². The predicted molar refractivity (Wildman–Crippen MR) is 63.3 cm³/mol. The van der Waals surface area contributed by atoms with Gasteiger partial charge in [-0.3, -0.25) is 9.59 Å². The second-order valence-electron chi connectivity index (χ2n) is 3.11. The Labute approximate surface area is 97.4 Å². The number of carbonyl (C=O) groups excluding carboxylic acids is 1. The van der Waals surface area contributed by atoms with E-state index in [2.05, 4.69) is 15.9 Å². The first kappa shape index (κ1) is 10.4. The van der Waals surface area contributed by atoms with Crippen LogP contribution in [0.5, 0.6) is 0 Å². The van der Waals surface area contributed by atoms with Gasteiger partial charge in [-0.15, -0.1) is 11.3 Å². The quantitative estimate of drug-likeness (QED) is 0.863. The van der Waals surface area contributed by atoms with Gasteiger partial charge < -0.3 is 10.3 Å². The minimum absolute atomic E-state index is 0.120. The Bertz CT molecular complexity index is 614. The number of aryl methyl sites for hydroxylation is 1. The highest BCUT2D eigenvalue weighted by atomic mass is 79.9. The maximum atomic E-state index is 11.7. The fraction of sp³-hybridized carbons (Fsp3) is 0.111. The maximum absolute atomic E-state index is 11.7. The van der Waals surface area contributed by atoms with Crippen molar-refractivity contribution in [1.29, 1.82) is 0 Å². The summed E-state index contributed by atoms with van der Waals surface area (Å²) in [5.41, 5.74) is 5.04. The number of hydrogen-bond donors (Lipinski definition) is 1. The molecule has 0 spiro atoms. The summed E-state index contributed by atoms with van der Waals surface area (Å²) in [5, 5.41) is 0.733. The van der Waals surface area contributed by atoms with Crippen molar-refractivity contribution in [1.82, 2.24) is 4.57 Å². The fourth-order valence-electron chi connectivity index (χ4n) is 1.31. The van der Waals surface area contributed by atoms with Crippen LogP contribution in [0, 0.1) is 0 Å². The van der Waals surface area contributed by atoms with Crippen LogP contribution in [0.15, 0.2) is 21.5 Å². The molecule has 0 aromatic carbocycles. The molecule has 0 saturated carbocycles. The standard InChI is InChI=1S/C9H7BrN2O2S/c1-12-3-5(10)4-2-6(8(11)13)15-7(4)9(12)14/h2-3H,1H3,(H2,11,13). The summed E-state index contributed by atoms with van der Waals surface area (Å²) >= 11 is 4.46. The van der Waals surface area contributed by atoms with Gasteiger partial charge in [0, 0.05) is 23.1 Å². The molecule has 1 amide bonds. The van der Waals surface area contributed by atoms with Gasteiger partial charge in [0.05, 0.1) is 4.88 Å². The van der Waals surface area contributed by atoms with E-state index < -0.39 is 5.91 Å². The molecular formula is C9H7BrN2O2S. The van der Waals surface area contributed by atoms with Gasteiger partial charge in [0.1, 0.15) is 4.70 Å². The summed E-state index contributed by atoms with van der Waals surface area (Å²) in [5.74, 6) is -0.509. The van der Waals surface area contributed by atoms with Crippen LogP contribution in [-0.4, -0.2) is 10.5 Å². The first-order valence-electron chi connectivity index (χ1n) is 4.09. The Balaban J connectivity index is 2.92. The topological polar surface area (TPSA) is 65.1 Å². The van der Waals surface area contributed by atoms with Crippen molar-refractivity contribution < 1.29 is 4.79 Å². The molecule has 0 fully saturated rings. The SMILES string of the molecule is Cn1cc(Br)c2cc(C(N)=O)sc2c1=O. The molecule has 0 radical (unpaired) electrons. The number of pyridine rings is 1. The zero-order chi connectivity index (χ0) is 11.2. The van der Waals surface area contributed by atoms with Crippen molar-refractivity contribution in [3.8, 4) is 0 Å². The molecule has 4 nitrogen and oxygen atoms in total. The van der Waals surface area contributed by atoms with E-state index >= 15 is 0 Å². The van der Waals surface area contributed by atoms with Crippen LogP contribution in [0.25, 0.3) is 10.1 Å². The number of nitrogens with zero attached hydrogens (tertiary/aromatic N) is 1. The molecule has 2 heterocycles. The van der Waals surface area contributed by atoms with Crippen LogP contribution in [-0.2, 0) is 7.05 Å². The van der Waals surface area contributed by atoms with Crippen LogP contribution < -0.4 is 11.3 Å². The number of fused-ring (bicyclic) bond motifs is 1. The van der Waals surface area contributed by atoms with Crippen LogP contribution in [0.4, 0.5) is 0 Å². The summed E-state index contributed by atoms with van der Waals surface area (Å²) < 4.78 is 2.79. The van der Waals surface area contributed by atoms with Crippen LogP contribution in [0.2, 0.25) is 0 Å². The van der Waals surface area contributed by atoms with Gasteiger partial charge in [-0.1, -0.05) is 0 Å². The molecule has 2 aromatic rings. The van der Waals surface area contributed by atoms with E-state index in [0.29, 0.717) is 9.58 Å². The lowest BCUT2D eigenvalue weighted by atomic mass is 10.3. The molecule has 0 aliphatic heterocycles. The van der Waals surface area contributed by atoms with E-state index in [9.17, 15) is 9.59 Å². The molecule has 0 bridgehead atoms. The third-order valence-electron chi connectivity index (χ3n) is 2.05. The van der Waals surface area contributed by atoms with E-state index in [-0.39, 0.29) is 5.56 Å². The molecule has 0 atom stereocenters. The number of halogens is 1. The van der Waals surface area contributed by atoms with Crippen LogP contribution >= 0.6 is 27.3 Å². The molecule has 6 heteroatoms. The van der Waals surface area contributed by atoms with Crippen molar-refractivity contribution in [2.24, 2.45) is 12.8 Å². The van der Waals surface area contributed by atoms with Gasteiger partial charge in [0.25, 0.3) is 11.5 Å². The van der Waals surface area contributed by atoms with Gasteiger partial charge in [0.15, 0.2) is 0 Å². The summed E-state index contributed by atoms with van der Waals surface area (Å²) in [6, 6.07) is 1.63. The molecule has 0 aliphatic rings. The predicted octanol–water partition coefficient (Wildman–Crippen LogP) is 1.46. The smallest absolute Gasteiger partial charge is 0.268 e. The molecule has 2 rings (SSSR count). The molecule has 0 aliphatic carbocycles. The fourth-order valence-corrected chi connectivity index (χ4v) is 3.07. The maximum Gasteiger partial charge on any atom is 0.268 e. The van der Waals surface area contributed by atoms with E-state index in [4.69, 9.17) is 5.73 Å². The largest absolute Gasteiger partial charge is 0.365 e. The summed E-state index contributed by atoms with van der Waals surface area (Å²) in [7, 11) is 1.66. The number of amides is 1. The van der Waals surface area contributed by atoms with Crippen molar-refractivity contribution in [3.05, 3.63) is 32.0 Å². The van der Waals surface area contributed by atoms with Gasteiger partial charge in [-0.05, 0) is 22.0 Å². The van der Waals surface area contributed by atoms with Gasteiger partial charge in [0.2, 0.25) is 0 Å². The number of rotatable bonds is 1. The molecule has 0 saturated heterocycles. The Morgan fingerprint density at radius 3 is 2.87 bits per heavy atom. The summed E-state index contributed by atoms with van der Waals surface area (Å²) in [4.78, 5) is 23.1. The normalized spacial score (nSPS) is 10.8. The summed E-state index contributed by atoms with van der Waals surface area (Å²) in [6.45, 7) is 0. The second kappa shape index (κ2) is 3.46. The van der Waals surface area contributed by atoms with Gasteiger partial charge in [-0.25, -0.2) is 0 Å². The van der Waals surface area contributed by atoms with E-state index in [0.717, 1.165) is 21.2 Å². The third-order valence-corrected chi connectivity index (χ3v) is 3.82. The zero-order valence-corrected chi connectivity index (χ0v) is 10.2. The van der Waals surface area contributed by atoms with E-state index in [1.807, 2.05) is 0 Å². The molecule has 2 aromatic heterocycles. The lowest BCUT2D eigenvalue weighted by Crippen LogP contribution is -2.14. The number of thiophene rings is 1. The lowest BCUT2D eigenvalue weighted by Gasteiger charge is -1.98. The molecule has 15 heavy (non-hydrogen) atoms. The average Bonchev–Trinajstić information content (AvgIpc) is 2.59. The van der Waals surface area contributed by atoms with Crippen molar-refractivity contribution in [2.45, 2.75) is 0 Å². The highest BCUT2D eigenvalue weighted by molar-refractivity contribution is 9.10. The lowest BCUT2D eigenvalue weighted by molar-refractivity contribution is 0.100. The minimum atomic E-state index is -0.509. The Morgan fingerprint density at radius 2 is 2.27 bits per heavy atom. The Hall–Kier alpha value is -1.14. The van der Waals surface area contributed by atoms with E-state index in [1.54, 1.807) is 19.3 Å². The van der Waals surface area contributed by atoms with Gasteiger partial charge >= 0.3 is 0 Å². The van der Waals surface area contributed by atoms with Crippen molar-refractivity contribution >= 4 is 43.3 Å². The molecule has 2 N–H and O–H groups in total. The second-order valence-corrected chi connectivity index (χ2v) is 5.02. The molecule has 78 valence electrons. The third kappa shape index (κ3) is 1.59. The van der Waals surface area contributed by atoms with Crippen molar-refractivity contribution in [2.75, 3.05) is 0 Å². The molecular weight excluding hydrogens is 280 g/mol. The highest BCUT2D eigenvalue weighted by Crippen LogP contribution is 2.28. The number of nitrogens with two attached hydrogens (primary N) is 1. The average molecular weight is 287 g/mol. The van der Waals surface area contributed by atoms with Crippen molar-refractivity contribution in [3.63, 3.8) is 0 Å². The van der Waals surface area contributed by atoms with Gasteiger partial charge in [-0.2, -0.15) is 0 Å². The monoisotopic (exact) mass is 286 g/mol. The minimum Gasteiger partial charge on any atom is -0.365 e.